The van der Waals surface area contributed by atoms with E-state index in [0.29, 0.717) is 0 Å². The van der Waals surface area contributed by atoms with Crippen LogP contribution in [0.2, 0.25) is 0 Å². The minimum atomic E-state index is 1.19. The Kier molecular flexibility index (Phi) is 1.26. The summed E-state index contributed by atoms with van der Waals surface area (Å²) < 4.78 is 0. The standard InChI is InChI=1S/C12H11N/c1-8-2-3-9-4-5-10-6-7-13-12(8)11(9)10/h2-3,6-7H,4-5H2,1H3. The quantitative estimate of drug-likeness (QED) is 0.590. The summed E-state index contributed by atoms with van der Waals surface area (Å²) in [6, 6.07) is 6.58. The number of hydrogen-bond acceptors (Lipinski definition) is 1. The minimum absolute atomic E-state index is 1.19. The molecule has 1 heterocycles. The van der Waals surface area contributed by atoms with Crippen LogP contribution in [0.1, 0.15) is 16.7 Å². The fourth-order valence-electron chi connectivity index (χ4n) is 2.23. The van der Waals surface area contributed by atoms with E-state index in [1.54, 1.807) is 0 Å². The smallest absolute Gasteiger partial charge is 0.0736 e. The molecule has 3 rings (SSSR count). The summed E-state index contributed by atoms with van der Waals surface area (Å²) in [5.74, 6) is 0. The number of hydrogen-bond donors (Lipinski definition) is 0. The Labute approximate surface area is 77.4 Å². The van der Waals surface area contributed by atoms with E-state index in [4.69, 9.17) is 0 Å². The van der Waals surface area contributed by atoms with Crippen LogP contribution < -0.4 is 0 Å². The van der Waals surface area contributed by atoms with Crippen LogP contribution in [-0.2, 0) is 12.8 Å². The topological polar surface area (TPSA) is 12.9 Å². The van der Waals surface area contributed by atoms with Gasteiger partial charge >= 0.3 is 0 Å². The van der Waals surface area contributed by atoms with Crippen molar-refractivity contribution in [1.29, 1.82) is 0 Å². The summed E-state index contributed by atoms with van der Waals surface area (Å²) in [6.07, 6.45) is 4.31. The van der Waals surface area contributed by atoms with Crippen LogP contribution in [0, 0.1) is 6.92 Å². The lowest BCUT2D eigenvalue weighted by atomic mass is 10.1. The maximum absolute atomic E-state index is 4.44. The Morgan fingerprint density at radius 1 is 1.08 bits per heavy atom. The summed E-state index contributed by atoms with van der Waals surface area (Å²) in [5, 5.41) is 1.42. The number of benzene rings is 1. The molecule has 0 N–H and O–H groups in total. The van der Waals surface area contributed by atoms with E-state index in [2.05, 4.69) is 30.1 Å². The molecular formula is C12H11N. The number of aromatic nitrogens is 1. The van der Waals surface area contributed by atoms with Crippen LogP contribution >= 0.6 is 0 Å². The molecule has 0 atom stereocenters. The van der Waals surface area contributed by atoms with Crippen LogP contribution in [-0.4, -0.2) is 4.98 Å². The molecular weight excluding hydrogens is 158 g/mol. The first-order valence-electron chi connectivity index (χ1n) is 4.72. The summed E-state index contributed by atoms with van der Waals surface area (Å²) in [7, 11) is 0. The van der Waals surface area contributed by atoms with Crippen molar-refractivity contribution < 1.29 is 0 Å². The predicted molar refractivity (Wildman–Crippen MR) is 53.9 cm³/mol. The fraction of sp³-hybridized carbons (Fsp3) is 0.250. The van der Waals surface area contributed by atoms with E-state index >= 15 is 0 Å². The van der Waals surface area contributed by atoms with Gasteiger partial charge in [-0.05, 0) is 42.5 Å². The molecule has 0 saturated carbocycles. The van der Waals surface area contributed by atoms with Gasteiger partial charge in [-0.15, -0.1) is 0 Å². The zero-order chi connectivity index (χ0) is 8.84. The molecule has 0 saturated heterocycles. The third-order valence-corrected chi connectivity index (χ3v) is 2.93. The van der Waals surface area contributed by atoms with Crippen LogP contribution in [0.25, 0.3) is 10.9 Å². The molecule has 2 aromatic rings. The highest BCUT2D eigenvalue weighted by Crippen LogP contribution is 2.30. The predicted octanol–water partition coefficient (Wildman–Crippen LogP) is 2.64. The number of pyridine rings is 1. The van der Waals surface area contributed by atoms with Gasteiger partial charge in [0.2, 0.25) is 0 Å². The second kappa shape index (κ2) is 2.32. The van der Waals surface area contributed by atoms with Gasteiger partial charge in [0.1, 0.15) is 0 Å². The van der Waals surface area contributed by atoms with Gasteiger partial charge in [-0.1, -0.05) is 12.1 Å². The van der Waals surface area contributed by atoms with Crippen molar-refractivity contribution in [1.82, 2.24) is 4.98 Å². The second-order valence-corrected chi connectivity index (χ2v) is 3.74. The molecule has 64 valence electrons. The Morgan fingerprint density at radius 3 is 2.69 bits per heavy atom. The van der Waals surface area contributed by atoms with Crippen LogP contribution in [0.5, 0.6) is 0 Å². The zero-order valence-electron chi connectivity index (χ0n) is 7.67. The molecule has 0 aliphatic heterocycles. The van der Waals surface area contributed by atoms with E-state index in [9.17, 15) is 0 Å². The van der Waals surface area contributed by atoms with Crippen molar-refractivity contribution in [3.63, 3.8) is 0 Å². The lowest BCUT2D eigenvalue weighted by Gasteiger charge is -2.02. The second-order valence-electron chi connectivity index (χ2n) is 3.74. The number of nitrogens with zero attached hydrogens (tertiary/aromatic N) is 1. The van der Waals surface area contributed by atoms with Gasteiger partial charge in [0.25, 0.3) is 0 Å². The van der Waals surface area contributed by atoms with E-state index in [1.807, 2.05) is 6.20 Å². The van der Waals surface area contributed by atoms with Gasteiger partial charge in [0.15, 0.2) is 0 Å². The largest absolute Gasteiger partial charge is 0.256 e. The first-order valence-corrected chi connectivity index (χ1v) is 4.72. The third kappa shape index (κ3) is 0.844. The van der Waals surface area contributed by atoms with E-state index in [-0.39, 0.29) is 0 Å². The van der Waals surface area contributed by atoms with E-state index in [1.165, 1.54) is 40.4 Å². The van der Waals surface area contributed by atoms with Crippen LogP contribution in [0.4, 0.5) is 0 Å². The summed E-state index contributed by atoms with van der Waals surface area (Å²) in [5.41, 5.74) is 5.45. The van der Waals surface area contributed by atoms with Crippen LogP contribution in [0.3, 0.4) is 0 Å². The summed E-state index contributed by atoms with van der Waals surface area (Å²) >= 11 is 0. The van der Waals surface area contributed by atoms with Crippen molar-refractivity contribution in [3.05, 3.63) is 41.1 Å². The van der Waals surface area contributed by atoms with Gasteiger partial charge in [0.05, 0.1) is 5.52 Å². The average molecular weight is 169 g/mol. The molecule has 13 heavy (non-hydrogen) atoms. The first-order chi connectivity index (χ1) is 6.36. The number of aryl methyl sites for hydroxylation is 3. The molecule has 0 unspecified atom stereocenters. The molecule has 0 amide bonds. The molecule has 1 aliphatic carbocycles. The molecule has 1 aromatic carbocycles. The van der Waals surface area contributed by atoms with E-state index < -0.39 is 0 Å². The highest BCUT2D eigenvalue weighted by molar-refractivity contribution is 5.89. The molecule has 0 radical (unpaired) electrons. The maximum Gasteiger partial charge on any atom is 0.0736 e. The molecule has 0 fully saturated rings. The first kappa shape index (κ1) is 7.07. The van der Waals surface area contributed by atoms with Crippen molar-refractivity contribution >= 4 is 10.9 Å². The lowest BCUT2D eigenvalue weighted by molar-refractivity contribution is 1.02. The summed E-state index contributed by atoms with van der Waals surface area (Å²) in [6.45, 7) is 2.13. The minimum Gasteiger partial charge on any atom is -0.256 e. The highest BCUT2D eigenvalue weighted by atomic mass is 14.7. The van der Waals surface area contributed by atoms with E-state index in [0.717, 1.165) is 0 Å². The van der Waals surface area contributed by atoms with Crippen molar-refractivity contribution in [3.8, 4) is 0 Å². The van der Waals surface area contributed by atoms with Crippen molar-refractivity contribution in [2.24, 2.45) is 0 Å². The SMILES string of the molecule is Cc1ccc2c3c(ccnc13)CC2. The molecule has 1 heteroatoms. The Morgan fingerprint density at radius 2 is 1.85 bits per heavy atom. The lowest BCUT2D eigenvalue weighted by Crippen LogP contribution is -1.85. The molecule has 0 bridgehead atoms. The van der Waals surface area contributed by atoms with Gasteiger partial charge in [-0.3, -0.25) is 4.98 Å². The molecule has 1 aliphatic rings. The maximum atomic E-state index is 4.44. The van der Waals surface area contributed by atoms with Gasteiger partial charge in [-0.25, -0.2) is 0 Å². The average Bonchev–Trinajstić information content (AvgIpc) is 2.57. The van der Waals surface area contributed by atoms with Gasteiger partial charge < -0.3 is 0 Å². The Bertz CT molecular complexity index is 475. The molecule has 1 nitrogen and oxygen atoms in total. The normalized spacial score (nSPS) is 13.9. The van der Waals surface area contributed by atoms with Gasteiger partial charge in [-0.2, -0.15) is 0 Å². The van der Waals surface area contributed by atoms with Crippen molar-refractivity contribution in [2.45, 2.75) is 19.8 Å². The molecule has 1 aromatic heterocycles. The summed E-state index contributed by atoms with van der Waals surface area (Å²) in [4.78, 5) is 4.44. The molecule has 0 spiro atoms. The fourth-order valence-corrected chi connectivity index (χ4v) is 2.23. The highest BCUT2D eigenvalue weighted by Gasteiger charge is 2.14. The monoisotopic (exact) mass is 169 g/mol. The van der Waals surface area contributed by atoms with Crippen molar-refractivity contribution in [2.75, 3.05) is 0 Å². The van der Waals surface area contributed by atoms with Gasteiger partial charge in [0, 0.05) is 11.6 Å². The number of rotatable bonds is 0. The Hall–Kier alpha value is -1.37. The zero-order valence-corrected chi connectivity index (χ0v) is 7.67. The third-order valence-electron chi connectivity index (χ3n) is 2.93. The van der Waals surface area contributed by atoms with Crippen LogP contribution in [0.15, 0.2) is 24.4 Å². The Balaban J connectivity index is 2.58.